The summed E-state index contributed by atoms with van der Waals surface area (Å²) in [6, 6.07) is 7.55. The van der Waals surface area contributed by atoms with Crippen molar-refractivity contribution >= 4 is 17.2 Å². The van der Waals surface area contributed by atoms with E-state index in [0.717, 1.165) is 43.9 Å². The molecule has 0 spiro atoms. The van der Waals surface area contributed by atoms with Crippen molar-refractivity contribution in [1.29, 1.82) is 0 Å². The summed E-state index contributed by atoms with van der Waals surface area (Å²) in [5.41, 5.74) is 7.33. The Balaban J connectivity index is 1.88. The van der Waals surface area contributed by atoms with E-state index in [1.54, 1.807) is 0 Å². The van der Waals surface area contributed by atoms with E-state index in [4.69, 9.17) is 18.0 Å². The summed E-state index contributed by atoms with van der Waals surface area (Å²) in [5, 5.41) is 10.3. The minimum atomic E-state index is -0.455. The van der Waals surface area contributed by atoms with Crippen LogP contribution in [0.1, 0.15) is 24.2 Å². The first-order chi connectivity index (χ1) is 9.60. The van der Waals surface area contributed by atoms with Crippen molar-refractivity contribution in [3.05, 3.63) is 35.4 Å². The van der Waals surface area contributed by atoms with E-state index < -0.39 is 6.10 Å². The first kappa shape index (κ1) is 15.4. The van der Waals surface area contributed by atoms with Crippen molar-refractivity contribution in [2.75, 3.05) is 39.3 Å². The van der Waals surface area contributed by atoms with Crippen molar-refractivity contribution in [3.63, 3.8) is 0 Å². The van der Waals surface area contributed by atoms with E-state index in [-0.39, 0.29) is 0 Å². The maximum absolute atomic E-state index is 10.3. The van der Waals surface area contributed by atoms with Crippen molar-refractivity contribution < 1.29 is 5.11 Å². The van der Waals surface area contributed by atoms with Crippen LogP contribution in [0.15, 0.2) is 24.3 Å². The first-order valence-corrected chi connectivity index (χ1v) is 7.53. The molecule has 1 aliphatic heterocycles. The number of piperazine rings is 1. The summed E-state index contributed by atoms with van der Waals surface area (Å²) >= 11 is 4.93. The average molecular weight is 293 g/mol. The lowest BCUT2D eigenvalue weighted by atomic mass is 10.1. The van der Waals surface area contributed by atoms with Crippen LogP contribution in [-0.2, 0) is 0 Å². The van der Waals surface area contributed by atoms with Crippen LogP contribution in [0, 0.1) is 0 Å². The Bertz CT molecular complexity index is 441. The highest BCUT2D eigenvalue weighted by Crippen LogP contribution is 2.16. The Labute approximate surface area is 126 Å². The summed E-state index contributed by atoms with van der Waals surface area (Å²) in [7, 11) is 0. The molecule has 5 heteroatoms. The average Bonchev–Trinajstić information content (AvgIpc) is 2.48. The molecular weight excluding hydrogens is 270 g/mol. The van der Waals surface area contributed by atoms with Crippen LogP contribution in [0.4, 0.5) is 0 Å². The maximum atomic E-state index is 10.3. The number of likely N-dealkylation sites (N-methyl/N-ethyl adjacent to an activating group) is 1. The fourth-order valence-electron chi connectivity index (χ4n) is 2.51. The van der Waals surface area contributed by atoms with Gasteiger partial charge in [-0.25, -0.2) is 0 Å². The lowest BCUT2D eigenvalue weighted by Crippen LogP contribution is -2.47. The second kappa shape index (κ2) is 7.13. The molecule has 1 aromatic carbocycles. The summed E-state index contributed by atoms with van der Waals surface area (Å²) in [4.78, 5) is 5.14. The number of benzene rings is 1. The Morgan fingerprint density at radius 2 is 1.75 bits per heavy atom. The molecule has 1 heterocycles. The Hall–Kier alpha value is -1.01. The molecule has 0 saturated carbocycles. The van der Waals surface area contributed by atoms with Gasteiger partial charge in [0.1, 0.15) is 4.99 Å². The van der Waals surface area contributed by atoms with E-state index in [0.29, 0.717) is 11.5 Å². The molecule has 1 fully saturated rings. The molecule has 20 heavy (non-hydrogen) atoms. The quantitative estimate of drug-likeness (QED) is 0.793. The summed E-state index contributed by atoms with van der Waals surface area (Å²) in [5.74, 6) is 0. The monoisotopic (exact) mass is 293 g/mol. The minimum Gasteiger partial charge on any atom is -0.389 e. The third kappa shape index (κ3) is 3.99. The van der Waals surface area contributed by atoms with Gasteiger partial charge < -0.3 is 15.7 Å². The van der Waals surface area contributed by atoms with Gasteiger partial charge in [-0.15, -0.1) is 0 Å². The van der Waals surface area contributed by atoms with Gasteiger partial charge in [0.15, 0.2) is 0 Å². The molecular formula is C15H23N3OS. The lowest BCUT2D eigenvalue weighted by Gasteiger charge is -2.35. The van der Waals surface area contributed by atoms with Crippen molar-refractivity contribution in [2.45, 2.75) is 13.0 Å². The third-order valence-electron chi connectivity index (χ3n) is 3.92. The molecule has 1 aromatic rings. The normalized spacial score (nSPS) is 18.9. The van der Waals surface area contributed by atoms with Gasteiger partial charge in [0.2, 0.25) is 0 Å². The number of thiocarbonyl (C=S) groups is 1. The molecule has 0 amide bonds. The van der Waals surface area contributed by atoms with Crippen LogP contribution in [0.5, 0.6) is 0 Å². The fraction of sp³-hybridized carbons (Fsp3) is 0.533. The summed E-state index contributed by atoms with van der Waals surface area (Å²) in [6.07, 6.45) is -0.455. The molecule has 0 radical (unpaired) electrons. The standard InChI is InChI=1S/C15H23N3OS/c1-2-17-7-9-18(10-8-17)11-14(19)12-3-5-13(6-4-12)15(16)20/h3-6,14,19H,2,7-11H2,1H3,(H2,16,20). The van der Waals surface area contributed by atoms with Crippen molar-refractivity contribution in [2.24, 2.45) is 5.73 Å². The highest BCUT2D eigenvalue weighted by Gasteiger charge is 2.18. The summed E-state index contributed by atoms with van der Waals surface area (Å²) in [6.45, 7) is 8.20. The minimum absolute atomic E-state index is 0.390. The van der Waals surface area contributed by atoms with Crippen molar-refractivity contribution in [1.82, 2.24) is 9.80 Å². The smallest absolute Gasteiger partial charge is 0.103 e. The van der Waals surface area contributed by atoms with E-state index in [1.165, 1.54) is 0 Å². The molecule has 110 valence electrons. The SMILES string of the molecule is CCN1CCN(CC(O)c2ccc(C(N)=S)cc2)CC1. The molecule has 0 bridgehead atoms. The fourth-order valence-corrected chi connectivity index (χ4v) is 2.64. The van der Waals surface area contributed by atoms with Gasteiger partial charge in [-0.2, -0.15) is 0 Å². The van der Waals surface area contributed by atoms with Gasteiger partial charge >= 0.3 is 0 Å². The molecule has 3 N–H and O–H groups in total. The predicted octanol–water partition coefficient (Wildman–Crippen LogP) is 0.992. The van der Waals surface area contributed by atoms with Crippen LogP contribution < -0.4 is 5.73 Å². The van der Waals surface area contributed by atoms with Crippen LogP contribution in [-0.4, -0.2) is 59.2 Å². The number of hydrogen-bond donors (Lipinski definition) is 2. The highest BCUT2D eigenvalue weighted by molar-refractivity contribution is 7.80. The molecule has 2 rings (SSSR count). The molecule has 1 atom stereocenters. The van der Waals surface area contributed by atoms with Gasteiger partial charge in [0.25, 0.3) is 0 Å². The lowest BCUT2D eigenvalue weighted by molar-refractivity contribution is 0.0744. The van der Waals surface area contributed by atoms with Gasteiger partial charge in [-0.05, 0) is 12.1 Å². The van der Waals surface area contributed by atoms with E-state index in [1.807, 2.05) is 24.3 Å². The Kier molecular flexibility index (Phi) is 5.48. The van der Waals surface area contributed by atoms with Crippen LogP contribution >= 0.6 is 12.2 Å². The molecule has 1 aliphatic rings. The van der Waals surface area contributed by atoms with Crippen LogP contribution in [0.25, 0.3) is 0 Å². The van der Waals surface area contributed by atoms with Gasteiger partial charge in [0, 0.05) is 38.3 Å². The van der Waals surface area contributed by atoms with E-state index >= 15 is 0 Å². The molecule has 0 aliphatic carbocycles. The summed E-state index contributed by atoms with van der Waals surface area (Å²) < 4.78 is 0. The molecule has 1 saturated heterocycles. The number of aliphatic hydroxyl groups is 1. The zero-order valence-corrected chi connectivity index (χ0v) is 12.8. The number of rotatable bonds is 5. The molecule has 4 nitrogen and oxygen atoms in total. The highest BCUT2D eigenvalue weighted by atomic mass is 32.1. The van der Waals surface area contributed by atoms with E-state index in [2.05, 4.69) is 16.7 Å². The Morgan fingerprint density at radius 1 is 1.20 bits per heavy atom. The third-order valence-corrected chi connectivity index (χ3v) is 4.16. The topological polar surface area (TPSA) is 52.7 Å². The van der Waals surface area contributed by atoms with Gasteiger partial charge in [-0.1, -0.05) is 43.4 Å². The van der Waals surface area contributed by atoms with E-state index in [9.17, 15) is 5.11 Å². The molecule has 0 aromatic heterocycles. The number of β-amino-alcohol motifs (C(OH)–C–C–N with tert-alkyl or cyclic N) is 1. The number of hydrogen-bond acceptors (Lipinski definition) is 4. The zero-order valence-electron chi connectivity index (χ0n) is 12.0. The van der Waals surface area contributed by atoms with Gasteiger partial charge in [0.05, 0.1) is 6.10 Å². The molecule has 1 unspecified atom stereocenters. The largest absolute Gasteiger partial charge is 0.389 e. The number of nitrogens with two attached hydrogens (primary N) is 1. The first-order valence-electron chi connectivity index (χ1n) is 7.12. The zero-order chi connectivity index (χ0) is 14.5. The van der Waals surface area contributed by atoms with Crippen molar-refractivity contribution in [3.8, 4) is 0 Å². The number of aliphatic hydroxyl groups excluding tert-OH is 1. The Morgan fingerprint density at radius 3 is 2.25 bits per heavy atom. The second-order valence-electron chi connectivity index (χ2n) is 5.24. The maximum Gasteiger partial charge on any atom is 0.103 e. The van der Waals surface area contributed by atoms with Gasteiger partial charge in [-0.3, -0.25) is 4.90 Å². The van der Waals surface area contributed by atoms with Crippen LogP contribution in [0.2, 0.25) is 0 Å². The second-order valence-corrected chi connectivity index (χ2v) is 5.68. The predicted molar refractivity (Wildman–Crippen MR) is 85.8 cm³/mol. The van der Waals surface area contributed by atoms with Crippen LogP contribution in [0.3, 0.4) is 0 Å². The number of nitrogens with zero attached hydrogens (tertiary/aromatic N) is 2.